The van der Waals surface area contributed by atoms with Gasteiger partial charge in [-0.05, 0) is 35.7 Å². The van der Waals surface area contributed by atoms with Crippen molar-refractivity contribution < 1.29 is 23.7 Å². The molecule has 6 nitrogen and oxygen atoms in total. The van der Waals surface area contributed by atoms with Gasteiger partial charge in [0, 0.05) is 16.6 Å². The minimum Gasteiger partial charge on any atom is -0.486 e. The van der Waals surface area contributed by atoms with E-state index >= 15 is 0 Å². The number of fused-ring (bicyclic) bond motifs is 2. The first kappa shape index (κ1) is 17.9. The lowest BCUT2D eigenvalue weighted by molar-refractivity contribution is -0.127. The van der Waals surface area contributed by atoms with Crippen LogP contribution in [0.25, 0.3) is 0 Å². The molecule has 2 aliphatic heterocycles. The first-order valence-electron chi connectivity index (χ1n) is 9.40. The van der Waals surface area contributed by atoms with Gasteiger partial charge in [0.2, 0.25) is 6.10 Å². The van der Waals surface area contributed by atoms with E-state index < -0.39 is 6.10 Å². The summed E-state index contributed by atoms with van der Waals surface area (Å²) in [4.78, 5) is 16.2. The lowest BCUT2D eigenvalue weighted by atomic mass is 10.2. The second-order valence-corrected chi connectivity index (χ2v) is 7.73. The van der Waals surface area contributed by atoms with E-state index in [1.54, 1.807) is 16.2 Å². The number of hydrogen-bond acceptors (Lipinski definition) is 6. The first-order chi connectivity index (χ1) is 14.3. The molecule has 3 heterocycles. The summed E-state index contributed by atoms with van der Waals surface area (Å²) in [5, 5.41) is 2.00. The van der Waals surface area contributed by atoms with Crippen LogP contribution in [-0.2, 0) is 11.3 Å². The summed E-state index contributed by atoms with van der Waals surface area (Å²) >= 11 is 1.61. The maximum absolute atomic E-state index is 13.5. The average molecular weight is 409 g/mol. The van der Waals surface area contributed by atoms with Crippen molar-refractivity contribution in [2.45, 2.75) is 12.6 Å². The van der Waals surface area contributed by atoms with Gasteiger partial charge in [0.05, 0.1) is 6.54 Å². The van der Waals surface area contributed by atoms with Crippen molar-refractivity contribution in [1.82, 2.24) is 0 Å². The second kappa shape index (κ2) is 7.67. The third-order valence-electron chi connectivity index (χ3n) is 4.78. The normalized spacial score (nSPS) is 16.9. The fourth-order valence-corrected chi connectivity index (χ4v) is 4.06. The van der Waals surface area contributed by atoms with Crippen LogP contribution in [0, 0.1) is 0 Å². The maximum atomic E-state index is 13.5. The Morgan fingerprint density at radius 1 is 0.931 bits per heavy atom. The summed E-state index contributed by atoms with van der Waals surface area (Å²) < 4.78 is 23.0. The van der Waals surface area contributed by atoms with Gasteiger partial charge in [-0.3, -0.25) is 4.79 Å². The number of ether oxygens (including phenoxy) is 4. The number of nitrogens with zero attached hydrogens (tertiary/aromatic N) is 1. The Morgan fingerprint density at radius 2 is 1.72 bits per heavy atom. The molecule has 1 aromatic heterocycles. The SMILES string of the molecule is O=C(C1COc2ccccc2O1)N(Cc1cccs1)c1ccc2c(c1)OCCO2. The molecule has 0 bridgehead atoms. The molecule has 0 saturated heterocycles. The van der Waals surface area contributed by atoms with E-state index in [9.17, 15) is 4.79 Å². The minimum absolute atomic E-state index is 0.162. The lowest BCUT2D eigenvalue weighted by Gasteiger charge is -2.31. The summed E-state index contributed by atoms with van der Waals surface area (Å²) in [6.07, 6.45) is -0.724. The molecular formula is C22H19NO5S. The first-order valence-corrected chi connectivity index (χ1v) is 10.3. The van der Waals surface area contributed by atoms with Crippen molar-refractivity contribution in [3.63, 3.8) is 0 Å². The van der Waals surface area contributed by atoms with Gasteiger partial charge in [-0.2, -0.15) is 0 Å². The molecule has 148 valence electrons. The van der Waals surface area contributed by atoms with Crippen molar-refractivity contribution in [2.75, 3.05) is 24.7 Å². The van der Waals surface area contributed by atoms with Crippen molar-refractivity contribution >= 4 is 22.9 Å². The predicted molar refractivity (Wildman–Crippen MR) is 109 cm³/mol. The fraction of sp³-hybridized carbons (Fsp3) is 0.227. The van der Waals surface area contributed by atoms with Gasteiger partial charge >= 0.3 is 0 Å². The monoisotopic (exact) mass is 409 g/mol. The number of benzene rings is 2. The predicted octanol–water partition coefficient (Wildman–Crippen LogP) is 3.89. The summed E-state index contributed by atoms with van der Waals surface area (Å²) in [7, 11) is 0. The molecule has 2 aliphatic rings. The van der Waals surface area contributed by atoms with Crippen LogP contribution < -0.4 is 23.8 Å². The highest BCUT2D eigenvalue weighted by molar-refractivity contribution is 7.09. The second-order valence-electron chi connectivity index (χ2n) is 6.70. The van der Waals surface area contributed by atoms with Crippen molar-refractivity contribution in [1.29, 1.82) is 0 Å². The number of thiophene rings is 1. The fourth-order valence-electron chi connectivity index (χ4n) is 3.37. The van der Waals surface area contributed by atoms with Gasteiger partial charge in [-0.25, -0.2) is 0 Å². The molecule has 0 saturated carbocycles. The van der Waals surface area contributed by atoms with E-state index in [-0.39, 0.29) is 12.5 Å². The Bertz CT molecular complexity index is 1020. The summed E-state index contributed by atoms with van der Waals surface area (Å²) in [5.41, 5.74) is 0.732. The smallest absolute Gasteiger partial charge is 0.272 e. The number of para-hydroxylation sites is 2. The zero-order valence-corrected chi connectivity index (χ0v) is 16.4. The number of anilines is 1. The van der Waals surface area contributed by atoms with Crippen molar-refractivity contribution in [3.05, 3.63) is 64.9 Å². The topological polar surface area (TPSA) is 57.2 Å². The van der Waals surface area contributed by atoms with Crippen LogP contribution >= 0.6 is 11.3 Å². The number of amides is 1. The Hall–Kier alpha value is -3.19. The van der Waals surface area contributed by atoms with E-state index in [0.29, 0.717) is 42.8 Å². The Labute approximate surface area is 172 Å². The standard InChI is InChI=1S/C22H19NO5S/c24-22(21-14-27-17-5-1-2-6-19(17)28-21)23(13-16-4-3-11-29-16)15-7-8-18-20(12-15)26-10-9-25-18/h1-8,11-12,21H,9-10,13-14H2. The molecule has 0 radical (unpaired) electrons. The number of rotatable bonds is 4. The average Bonchev–Trinajstić information content (AvgIpc) is 3.30. The lowest BCUT2D eigenvalue weighted by Crippen LogP contribution is -2.46. The molecule has 5 rings (SSSR count). The molecule has 1 atom stereocenters. The summed E-state index contributed by atoms with van der Waals surface area (Å²) in [6.45, 7) is 1.63. The third kappa shape index (κ3) is 3.61. The molecule has 0 N–H and O–H groups in total. The van der Waals surface area contributed by atoms with Gasteiger partial charge in [-0.1, -0.05) is 18.2 Å². The van der Waals surface area contributed by atoms with E-state index in [1.165, 1.54) is 0 Å². The molecule has 1 amide bonds. The Balaban J connectivity index is 1.45. The highest BCUT2D eigenvalue weighted by atomic mass is 32.1. The number of hydrogen-bond donors (Lipinski definition) is 0. The van der Waals surface area contributed by atoms with Gasteiger partial charge in [0.15, 0.2) is 23.0 Å². The zero-order chi connectivity index (χ0) is 19.6. The third-order valence-corrected chi connectivity index (χ3v) is 5.64. The van der Waals surface area contributed by atoms with Crippen LogP contribution in [0.5, 0.6) is 23.0 Å². The van der Waals surface area contributed by atoms with Crippen molar-refractivity contribution in [2.24, 2.45) is 0 Å². The molecule has 3 aromatic rings. The number of carbonyl (C=O) groups is 1. The quantitative estimate of drug-likeness (QED) is 0.654. The molecule has 1 unspecified atom stereocenters. The van der Waals surface area contributed by atoms with E-state index in [0.717, 1.165) is 10.6 Å². The van der Waals surface area contributed by atoms with Crippen LogP contribution in [0.15, 0.2) is 60.0 Å². The largest absolute Gasteiger partial charge is 0.486 e. The van der Waals surface area contributed by atoms with E-state index in [4.69, 9.17) is 18.9 Å². The Morgan fingerprint density at radius 3 is 2.55 bits per heavy atom. The van der Waals surface area contributed by atoms with Crippen LogP contribution in [-0.4, -0.2) is 31.8 Å². The zero-order valence-electron chi connectivity index (χ0n) is 15.6. The van der Waals surface area contributed by atoms with E-state index in [2.05, 4.69) is 0 Å². The van der Waals surface area contributed by atoms with Crippen LogP contribution in [0.4, 0.5) is 5.69 Å². The van der Waals surface area contributed by atoms with Crippen LogP contribution in [0.1, 0.15) is 4.88 Å². The summed E-state index contributed by atoms with van der Waals surface area (Å²) in [6, 6.07) is 16.9. The molecule has 0 aliphatic carbocycles. The molecule has 0 fully saturated rings. The van der Waals surface area contributed by atoms with Crippen LogP contribution in [0.2, 0.25) is 0 Å². The van der Waals surface area contributed by atoms with Crippen molar-refractivity contribution in [3.8, 4) is 23.0 Å². The maximum Gasteiger partial charge on any atom is 0.272 e. The van der Waals surface area contributed by atoms with Crippen LogP contribution in [0.3, 0.4) is 0 Å². The molecule has 29 heavy (non-hydrogen) atoms. The Kier molecular flexibility index (Phi) is 4.73. The highest BCUT2D eigenvalue weighted by Crippen LogP contribution is 2.36. The molecule has 7 heteroatoms. The molecule has 2 aromatic carbocycles. The summed E-state index contributed by atoms with van der Waals surface area (Å²) in [5.74, 6) is 2.40. The molecule has 0 spiro atoms. The highest BCUT2D eigenvalue weighted by Gasteiger charge is 2.32. The number of carbonyl (C=O) groups excluding carboxylic acids is 1. The molecular weight excluding hydrogens is 390 g/mol. The van der Waals surface area contributed by atoms with Gasteiger partial charge in [0.1, 0.15) is 19.8 Å². The van der Waals surface area contributed by atoms with Gasteiger partial charge in [0.25, 0.3) is 5.91 Å². The minimum atomic E-state index is -0.724. The van der Waals surface area contributed by atoms with E-state index in [1.807, 2.05) is 60.0 Å². The van der Waals surface area contributed by atoms with Gasteiger partial charge < -0.3 is 23.8 Å². The van der Waals surface area contributed by atoms with Gasteiger partial charge in [-0.15, -0.1) is 11.3 Å².